The molecule has 0 radical (unpaired) electrons. The van der Waals surface area contributed by atoms with Gasteiger partial charge in [0.15, 0.2) is 5.82 Å². The summed E-state index contributed by atoms with van der Waals surface area (Å²) in [6.07, 6.45) is -3.89. The van der Waals surface area contributed by atoms with Gasteiger partial charge in [0.2, 0.25) is 0 Å². The molecule has 1 aliphatic rings. The summed E-state index contributed by atoms with van der Waals surface area (Å²) in [5, 5.41) is 9.54. The molecule has 196 valence electrons. The van der Waals surface area contributed by atoms with Crippen molar-refractivity contribution in [1.29, 1.82) is 0 Å². The molecule has 0 amide bonds. The van der Waals surface area contributed by atoms with Crippen molar-refractivity contribution >= 4 is 29.0 Å². The third-order valence-electron chi connectivity index (χ3n) is 6.46. The smallest absolute Gasteiger partial charge is 0.418 e. The Balaban J connectivity index is 1.58. The molecule has 1 fully saturated rings. The van der Waals surface area contributed by atoms with E-state index >= 15 is 0 Å². The first-order valence-electron chi connectivity index (χ1n) is 11.4. The normalized spacial score (nSPS) is 16.4. The molecule has 0 spiro atoms. The average molecular weight is 537 g/mol. The second kappa shape index (κ2) is 10.2. The lowest BCUT2D eigenvalue weighted by molar-refractivity contribution is -0.149. The van der Waals surface area contributed by atoms with Crippen LogP contribution in [-0.4, -0.2) is 38.7 Å². The van der Waals surface area contributed by atoms with Crippen LogP contribution < -0.4 is 9.62 Å². The van der Waals surface area contributed by atoms with Crippen LogP contribution in [0.15, 0.2) is 53.6 Å². The summed E-state index contributed by atoms with van der Waals surface area (Å²) < 4.78 is 70.5. The Morgan fingerprint density at radius 1 is 1.14 bits per heavy atom. The zero-order valence-corrected chi connectivity index (χ0v) is 20.8. The second-order valence-electron chi connectivity index (χ2n) is 9.11. The fourth-order valence-corrected chi connectivity index (χ4v) is 4.86. The maximum absolute atomic E-state index is 13.9. The van der Waals surface area contributed by atoms with Gasteiger partial charge in [0, 0.05) is 24.7 Å². The number of carboxylic acid groups (broad SMARTS) is 1. The Morgan fingerprint density at radius 3 is 2.49 bits per heavy atom. The van der Waals surface area contributed by atoms with Gasteiger partial charge in [-0.3, -0.25) is 4.79 Å². The van der Waals surface area contributed by atoms with E-state index in [1.807, 2.05) is 4.90 Å². The Hall–Kier alpha value is -3.38. The van der Waals surface area contributed by atoms with Gasteiger partial charge in [-0.1, -0.05) is 12.1 Å². The predicted molar refractivity (Wildman–Crippen MR) is 131 cm³/mol. The molecule has 1 unspecified atom stereocenters. The van der Waals surface area contributed by atoms with Crippen molar-refractivity contribution in [2.75, 3.05) is 22.7 Å². The number of pyridine rings is 2. The van der Waals surface area contributed by atoms with Gasteiger partial charge < -0.3 is 14.6 Å². The average Bonchev–Trinajstić information content (AvgIpc) is 2.85. The molecule has 4 rings (SSSR count). The summed E-state index contributed by atoms with van der Waals surface area (Å²) in [6, 6.07) is 10.2. The fourth-order valence-electron chi connectivity index (χ4n) is 4.07. The van der Waals surface area contributed by atoms with Crippen molar-refractivity contribution in [2.24, 2.45) is 5.41 Å². The molecule has 1 aliphatic heterocycles. The molecule has 0 bridgehead atoms. The van der Waals surface area contributed by atoms with Crippen LogP contribution >= 0.6 is 0 Å². The lowest BCUT2D eigenvalue weighted by Gasteiger charge is -2.37. The number of nitrogens with one attached hydrogen (secondary N) is 1. The van der Waals surface area contributed by atoms with Crippen LogP contribution in [0.5, 0.6) is 0 Å². The number of hydrogen-bond acceptors (Lipinski definition) is 6. The molecule has 3 heterocycles. The molecule has 2 N–H and O–H groups in total. The number of hydrogen-bond donors (Lipinski definition) is 2. The number of aliphatic carboxylic acids is 1. The minimum Gasteiger partial charge on any atom is -0.587 e. The van der Waals surface area contributed by atoms with Crippen molar-refractivity contribution in [2.45, 2.75) is 37.9 Å². The van der Waals surface area contributed by atoms with Crippen LogP contribution in [0.4, 0.5) is 29.2 Å². The van der Waals surface area contributed by atoms with Crippen molar-refractivity contribution in [3.63, 3.8) is 0 Å². The minimum absolute atomic E-state index is 0.0275. The van der Waals surface area contributed by atoms with Crippen LogP contribution in [0.1, 0.15) is 30.9 Å². The van der Waals surface area contributed by atoms with Gasteiger partial charge in [0.25, 0.3) is 5.03 Å². The van der Waals surface area contributed by atoms with E-state index in [0.717, 1.165) is 24.3 Å². The van der Waals surface area contributed by atoms with Crippen LogP contribution in [0, 0.1) is 18.2 Å². The maximum Gasteiger partial charge on any atom is 0.418 e. The summed E-state index contributed by atoms with van der Waals surface area (Å²) in [5.74, 6) is -1.15. The first-order chi connectivity index (χ1) is 17.4. The van der Waals surface area contributed by atoms with Crippen LogP contribution in [0.25, 0.3) is 11.3 Å². The quantitative estimate of drug-likeness (QED) is 0.320. The van der Waals surface area contributed by atoms with Crippen molar-refractivity contribution in [3.05, 3.63) is 65.5 Å². The maximum atomic E-state index is 13.9. The fraction of sp³-hybridized carbons (Fsp3) is 0.320. The Morgan fingerprint density at radius 2 is 1.84 bits per heavy atom. The first kappa shape index (κ1) is 26.7. The minimum atomic E-state index is -4.74. The third-order valence-corrected chi connectivity index (χ3v) is 7.46. The molecule has 7 nitrogen and oxygen atoms in total. The monoisotopic (exact) mass is 536 g/mol. The molecule has 0 aliphatic carbocycles. The molecular formula is C25H24F4N4O3S. The molecular weight excluding hydrogens is 512 g/mol. The number of piperidine rings is 1. The number of halogens is 4. The Bertz CT molecular complexity index is 1310. The highest BCUT2D eigenvalue weighted by atomic mass is 32.2. The van der Waals surface area contributed by atoms with Crippen molar-refractivity contribution in [3.8, 4) is 11.3 Å². The molecule has 0 saturated carbocycles. The standard InChI is InChI=1S/C25H24F4N4O3S/c1-15-6-7-16(26)14-17(15)22-18(25(27,28)29)8-9-19(30-22)32-37(36)21-5-3-4-20(31-21)33-12-10-24(2,11-13-33)23(34)35/h3-9,14H,10-13H2,1-2H3,(H,30,32)(H,34,35). The number of carboxylic acids is 1. The summed E-state index contributed by atoms with van der Waals surface area (Å²) in [5.41, 5.74) is -1.98. The molecule has 2 aromatic heterocycles. The summed E-state index contributed by atoms with van der Waals surface area (Å²) in [4.78, 5) is 21.8. The van der Waals surface area contributed by atoms with Gasteiger partial charge in [-0.25, -0.2) is 9.37 Å². The lowest BCUT2D eigenvalue weighted by atomic mass is 9.80. The SMILES string of the molecule is Cc1ccc(F)cc1-c1nc(N[S+]([O-])c2cccc(N3CCC(C)(C(=O)O)CC3)n2)ccc1C(F)(F)F. The first-order valence-corrected chi connectivity index (χ1v) is 12.5. The largest absolute Gasteiger partial charge is 0.587 e. The van der Waals surface area contributed by atoms with E-state index in [4.69, 9.17) is 0 Å². The number of benzene rings is 1. The second-order valence-corrected chi connectivity index (χ2v) is 10.3. The number of anilines is 2. The number of aromatic nitrogens is 2. The topological polar surface area (TPSA) is 101 Å². The van der Waals surface area contributed by atoms with E-state index in [9.17, 15) is 32.0 Å². The highest BCUT2D eigenvalue weighted by molar-refractivity contribution is 7.92. The number of aryl methyl sites for hydroxylation is 1. The predicted octanol–water partition coefficient (Wildman–Crippen LogP) is 5.44. The molecule has 12 heteroatoms. The molecule has 37 heavy (non-hydrogen) atoms. The zero-order valence-electron chi connectivity index (χ0n) is 20.0. The van der Waals surface area contributed by atoms with Gasteiger partial charge in [0.05, 0.1) is 16.7 Å². The third kappa shape index (κ3) is 5.80. The van der Waals surface area contributed by atoms with Crippen molar-refractivity contribution < 1.29 is 32.0 Å². The van der Waals surface area contributed by atoms with Gasteiger partial charge in [-0.05, 0) is 62.6 Å². The summed E-state index contributed by atoms with van der Waals surface area (Å²) in [7, 11) is 0. The zero-order chi connectivity index (χ0) is 27.0. The van der Waals surface area contributed by atoms with Gasteiger partial charge >= 0.3 is 12.1 Å². The molecule has 1 saturated heterocycles. The van der Waals surface area contributed by atoms with Crippen LogP contribution in [0.3, 0.4) is 0 Å². The molecule has 3 aromatic rings. The van der Waals surface area contributed by atoms with E-state index in [0.29, 0.717) is 37.3 Å². The summed E-state index contributed by atoms with van der Waals surface area (Å²) in [6.45, 7) is 4.16. The van der Waals surface area contributed by atoms with Crippen LogP contribution in [-0.2, 0) is 22.3 Å². The molecule has 1 aromatic carbocycles. The van der Waals surface area contributed by atoms with E-state index in [-0.39, 0.29) is 16.4 Å². The number of alkyl halides is 3. The van der Waals surface area contributed by atoms with E-state index in [2.05, 4.69) is 14.7 Å². The van der Waals surface area contributed by atoms with E-state index in [1.165, 1.54) is 12.1 Å². The highest BCUT2D eigenvalue weighted by Crippen LogP contribution is 2.38. The number of rotatable bonds is 6. The number of nitrogens with zero attached hydrogens (tertiary/aromatic N) is 3. The Labute approximate surface area is 213 Å². The highest BCUT2D eigenvalue weighted by Gasteiger charge is 2.38. The van der Waals surface area contributed by atoms with Gasteiger partial charge in [-0.2, -0.15) is 22.9 Å². The van der Waals surface area contributed by atoms with E-state index < -0.39 is 46.0 Å². The van der Waals surface area contributed by atoms with E-state index in [1.54, 1.807) is 26.0 Å². The van der Waals surface area contributed by atoms with Gasteiger partial charge in [-0.15, -0.1) is 0 Å². The molecule has 1 atom stereocenters. The van der Waals surface area contributed by atoms with Gasteiger partial charge in [0.1, 0.15) is 23.0 Å². The summed E-state index contributed by atoms with van der Waals surface area (Å²) >= 11 is -1.97. The van der Waals surface area contributed by atoms with Crippen molar-refractivity contribution in [1.82, 2.24) is 9.97 Å². The van der Waals surface area contributed by atoms with Crippen LogP contribution in [0.2, 0.25) is 0 Å². The number of carbonyl (C=O) groups is 1. The lowest BCUT2D eigenvalue weighted by Crippen LogP contribution is -2.43. The Kier molecular flexibility index (Phi) is 7.33.